The van der Waals surface area contributed by atoms with Crippen LogP contribution in [-0.4, -0.2) is 37.2 Å². The van der Waals surface area contributed by atoms with Crippen LogP contribution in [0.5, 0.6) is 0 Å². The fourth-order valence-electron chi connectivity index (χ4n) is 6.53. The fraction of sp³-hybridized carbons (Fsp3) is 0.576. The molecule has 0 aliphatic heterocycles. The summed E-state index contributed by atoms with van der Waals surface area (Å²) in [6.07, 6.45) is 72.9. The van der Waals surface area contributed by atoms with E-state index in [4.69, 9.17) is 14.2 Å². The fourth-order valence-corrected chi connectivity index (χ4v) is 6.53. The molecular formula is C59H92O6. The Bertz CT molecular complexity index is 1450. The normalized spacial score (nSPS) is 13.2. The molecule has 0 heterocycles. The lowest BCUT2D eigenvalue weighted by Crippen LogP contribution is -2.30. The summed E-state index contributed by atoms with van der Waals surface area (Å²) in [6.45, 7) is 6.17. The molecule has 1 atom stereocenters. The van der Waals surface area contributed by atoms with Gasteiger partial charge < -0.3 is 14.2 Å². The summed E-state index contributed by atoms with van der Waals surface area (Å²) >= 11 is 0. The summed E-state index contributed by atoms with van der Waals surface area (Å²) in [6, 6.07) is 0. The van der Waals surface area contributed by atoms with Gasteiger partial charge >= 0.3 is 17.9 Å². The molecule has 65 heavy (non-hydrogen) atoms. The van der Waals surface area contributed by atoms with Gasteiger partial charge in [0.1, 0.15) is 13.2 Å². The van der Waals surface area contributed by atoms with Crippen molar-refractivity contribution >= 4 is 17.9 Å². The summed E-state index contributed by atoms with van der Waals surface area (Å²) in [5, 5.41) is 0. The van der Waals surface area contributed by atoms with Crippen molar-refractivity contribution in [2.75, 3.05) is 13.2 Å². The molecule has 364 valence electrons. The number of hydrogen-bond acceptors (Lipinski definition) is 6. The Kier molecular flexibility index (Phi) is 48.6. The van der Waals surface area contributed by atoms with Crippen molar-refractivity contribution < 1.29 is 28.6 Å². The molecular weight excluding hydrogens is 805 g/mol. The Labute approximate surface area is 398 Å². The highest BCUT2D eigenvalue weighted by Gasteiger charge is 2.19. The topological polar surface area (TPSA) is 78.9 Å². The minimum Gasteiger partial charge on any atom is -0.462 e. The van der Waals surface area contributed by atoms with Crippen molar-refractivity contribution in [3.8, 4) is 0 Å². The van der Waals surface area contributed by atoms with E-state index < -0.39 is 6.10 Å². The number of allylic oxidation sites excluding steroid dienone is 22. The van der Waals surface area contributed by atoms with Gasteiger partial charge in [-0.1, -0.05) is 225 Å². The molecule has 0 radical (unpaired) electrons. The second kappa shape index (κ2) is 52.2. The molecule has 0 aromatic carbocycles. The summed E-state index contributed by atoms with van der Waals surface area (Å²) in [4.78, 5) is 38.0. The molecule has 0 saturated carbocycles. The third-order valence-electron chi connectivity index (χ3n) is 10.3. The zero-order chi connectivity index (χ0) is 47.2. The summed E-state index contributed by atoms with van der Waals surface area (Å²) < 4.78 is 16.7. The Balaban J connectivity index is 4.49. The van der Waals surface area contributed by atoms with Gasteiger partial charge in [0.25, 0.3) is 0 Å². The van der Waals surface area contributed by atoms with Crippen molar-refractivity contribution in [2.45, 2.75) is 207 Å². The lowest BCUT2D eigenvalue weighted by atomic mass is 10.1. The first-order chi connectivity index (χ1) is 32.0. The van der Waals surface area contributed by atoms with Gasteiger partial charge in [-0.3, -0.25) is 14.4 Å². The van der Waals surface area contributed by atoms with Crippen molar-refractivity contribution in [1.29, 1.82) is 0 Å². The van der Waals surface area contributed by atoms with E-state index in [9.17, 15) is 14.4 Å². The molecule has 1 unspecified atom stereocenters. The van der Waals surface area contributed by atoms with E-state index in [1.54, 1.807) is 0 Å². The predicted molar refractivity (Wildman–Crippen MR) is 279 cm³/mol. The zero-order valence-corrected chi connectivity index (χ0v) is 41.4. The van der Waals surface area contributed by atoms with Crippen molar-refractivity contribution in [2.24, 2.45) is 0 Å². The molecule has 6 nitrogen and oxygen atoms in total. The van der Waals surface area contributed by atoms with Gasteiger partial charge in [-0.05, 0) is 89.9 Å². The van der Waals surface area contributed by atoms with Gasteiger partial charge in [0.2, 0.25) is 0 Å². The number of hydrogen-bond donors (Lipinski definition) is 0. The summed E-state index contributed by atoms with van der Waals surface area (Å²) in [5.74, 6) is -0.988. The molecule has 0 saturated heterocycles. The van der Waals surface area contributed by atoms with E-state index in [0.29, 0.717) is 19.3 Å². The van der Waals surface area contributed by atoms with Crippen molar-refractivity contribution in [1.82, 2.24) is 0 Å². The second-order valence-electron chi connectivity index (χ2n) is 16.5. The van der Waals surface area contributed by atoms with E-state index in [1.807, 2.05) is 54.7 Å². The second-order valence-corrected chi connectivity index (χ2v) is 16.5. The minimum absolute atomic E-state index is 0.110. The minimum atomic E-state index is -0.816. The van der Waals surface area contributed by atoms with Gasteiger partial charge in [-0.2, -0.15) is 0 Å². The third-order valence-corrected chi connectivity index (χ3v) is 10.3. The molecule has 0 aromatic rings. The third kappa shape index (κ3) is 50.4. The van der Waals surface area contributed by atoms with Gasteiger partial charge in [0, 0.05) is 19.3 Å². The maximum atomic E-state index is 12.8. The molecule has 6 heteroatoms. The Morgan fingerprint density at radius 3 is 1.06 bits per heavy atom. The van der Waals surface area contributed by atoms with Crippen LogP contribution in [0, 0.1) is 0 Å². The van der Waals surface area contributed by atoms with Gasteiger partial charge in [0.05, 0.1) is 0 Å². The van der Waals surface area contributed by atoms with Crippen LogP contribution >= 0.6 is 0 Å². The smallest absolute Gasteiger partial charge is 0.306 e. The van der Waals surface area contributed by atoms with E-state index >= 15 is 0 Å². The first-order valence-electron chi connectivity index (χ1n) is 25.8. The highest BCUT2D eigenvalue weighted by molar-refractivity contribution is 5.71. The van der Waals surface area contributed by atoms with Crippen LogP contribution in [0.1, 0.15) is 201 Å². The number of carbonyl (C=O) groups is 3. The average molecular weight is 897 g/mol. The first kappa shape index (κ1) is 60.5. The van der Waals surface area contributed by atoms with Gasteiger partial charge in [-0.15, -0.1) is 0 Å². The number of unbranched alkanes of at least 4 members (excludes halogenated alkanes) is 17. The van der Waals surface area contributed by atoms with E-state index in [1.165, 1.54) is 38.5 Å². The Morgan fingerprint density at radius 1 is 0.323 bits per heavy atom. The lowest BCUT2D eigenvalue weighted by molar-refractivity contribution is -0.167. The van der Waals surface area contributed by atoms with Crippen LogP contribution in [0.3, 0.4) is 0 Å². The molecule has 0 aromatic heterocycles. The molecule has 0 aliphatic carbocycles. The SMILES string of the molecule is CC\C=C/C=C\C=C/C=C\C=C/CCCCCC(=O)OC(COC(=O)CCCCCCC\C=C/C=C\C=C/CC)COC(=O)CCCCCCCCCCC/C=C\C/C=C\C/C=C\CC. The number of ether oxygens (including phenoxy) is 3. The summed E-state index contributed by atoms with van der Waals surface area (Å²) in [5.41, 5.74) is 0. The van der Waals surface area contributed by atoms with E-state index in [0.717, 1.165) is 116 Å². The van der Waals surface area contributed by atoms with Crippen molar-refractivity contribution in [3.05, 3.63) is 134 Å². The highest BCUT2D eigenvalue weighted by atomic mass is 16.6. The molecule has 0 amide bonds. The summed E-state index contributed by atoms with van der Waals surface area (Å²) in [7, 11) is 0. The number of rotatable bonds is 44. The molecule has 0 bridgehead atoms. The van der Waals surface area contributed by atoms with Gasteiger partial charge in [-0.25, -0.2) is 0 Å². The van der Waals surface area contributed by atoms with Gasteiger partial charge in [0.15, 0.2) is 6.10 Å². The highest BCUT2D eigenvalue weighted by Crippen LogP contribution is 2.14. The standard InChI is InChI=1S/C59H92O6/c1-4-7-10-13-16-19-22-25-27-28-29-30-32-34-37-40-43-46-49-52-58(61)64-55-56(54-63-57(60)51-48-45-42-39-36-33-24-21-18-15-12-9-6-3)65-59(62)53-50-47-44-41-38-35-31-26-23-20-17-14-11-8-5-2/h7-12,14-21,23-27,31,35,38,56H,4-6,13,22,28-30,32-34,36-37,39-55H2,1-3H3/b10-7-,11-8-,12-9-,17-14-,18-15-,19-16-,23-20-,24-21-,27-25-,31-26-,38-35-. The number of esters is 3. The van der Waals surface area contributed by atoms with Crippen LogP contribution < -0.4 is 0 Å². The van der Waals surface area contributed by atoms with Crippen molar-refractivity contribution in [3.63, 3.8) is 0 Å². The molecule has 0 spiro atoms. The van der Waals surface area contributed by atoms with E-state index in [2.05, 4.69) is 99.8 Å². The van der Waals surface area contributed by atoms with E-state index in [-0.39, 0.29) is 37.5 Å². The molecule has 0 fully saturated rings. The molecule has 0 aliphatic rings. The number of carbonyl (C=O) groups excluding carboxylic acids is 3. The Hall–Kier alpha value is -4.45. The largest absolute Gasteiger partial charge is 0.462 e. The maximum absolute atomic E-state index is 12.8. The monoisotopic (exact) mass is 897 g/mol. The zero-order valence-electron chi connectivity index (χ0n) is 41.4. The predicted octanol–water partition coefficient (Wildman–Crippen LogP) is 17.1. The lowest BCUT2D eigenvalue weighted by Gasteiger charge is -2.18. The van der Waals surface area contributed by atoms with Crippen LogP contribution in [0.2, 0.25) is 0 Å². The first-order valence-corrected chi connectivity index (χ1v) is 25.8. The Morgan fingerprint density at radius 2 is 0.631 bits per heavy atom. The average Bonchev–Trinajstić information content (AvgIpc) is 3.30. The van der Waals surface area contributed by atoms with Crippen LogP contribution in [-0.2, 0) is 28.6 Å². The van der Waals surface area contributed by atoms with Crippen LogP contribution in [0.25, 0.3) is 0 Å². The molecule has 0 N–H and O–H groups in total. The van der Waals surface area contributed by atoms with Crippen LogP contribution in [0.4, 0.5) is 0 Å². The van der Waals surface area contributed by atoms with Crippen LogP contribution in [0.15, 0.2) is 134 Å². The molecule has 0 rings (SSSR count). The maximum Gasteiger partial charge on any atom is 0.306 e. The quantitative estimate of drug-likeness (QED) is 0.0199.